The van der Waals surface area contributed by atoms with Gasteiger partial charge in [0.25, 0.3) is 5.91 Å². The van der Waals surface area contributed by atoms with Crippen molar-refractivity contribution in [1.82, 2.24) is 9.88 Å². The number of nitrogens with zero attached hydrogens (tertiary/aromatic N) is 1. The number of carbonyl (C=O) groups is 1. The fourth-order valence-electron chi connectivity index (χ4n) is 1.49. The van der Waals surface area contributed by atoms with Crippen molar-refractivity contribution < 1.29 is 9.53 Å². The summed E-state index contributed by atoms with van der Waals surface area (Å²) in [6, 6.07) is 1.43. The first-order valence-electron chi connectivity index (χ1n) is 5.50. The second-order valence-corrected chi connectivity index (χ2v) is 3.97. The number of amides is 1. The zero-order chi connectivity index (χ0) is 12.8. The van der Waals surface area contributed by atoms with Gasteiger partial charge in [0.05, 0.1) is 0 Å². The minimum absolute atomic E-state index is 0.176. The molecule has 0 bridgehead atoms. The Morgan fingerprint density at radius 3 is 2.82 bits per heavy atom. The van der Waals surface area contributed by atoms with E-state index in [0.29, 0.717) is 13.2 Å². The topological polar surface area (TPSA) is 62.4 Å². The fourth-order valence-corrected chi connectivity index (χ4v) is 1.49. The molecule has 0 unspecified atom stereocenters. The molecule has 5 nitrogen and oxygen atoms in total. The highest BCUT2D eigenvalue weighted by molar-refractivity contribution is 5.93. The number of pyridine rings is 1. The molecule has 1 N–H and O–H groups in total. The Morgan fingerprint density at radius 1 is 1.53 bits per heavy atom. The van der Waals surface area contributed by atoms with Gasteiger partial charge in [-0.3, -0.25) is 9.59 Å². The SMILES string of the molecule is COCCCN(C)C(=O)c1c[nH]c(C)cc1=O. The summed E-state index contributed by atoms with van der Waals surface area (Å²) < 4.78 is 4.91. The number of aryl methyl sites for hydroxylation is 1. The van der Waals surface area contributed by atoms with Gasteiger partial charge < -0.3 is 14.6 Å². The van der Waals surface area contributed by atoms with Gasteiger partial charge in [-0.25, -0.2) is 0 Å². The van der Waals surface area contributed by atoms with Crippen molar-refractivity contribution >= 4 is 5.91 Å². The molecule has 0 atom stereocenters. The standard InChI is InChI=1S/C12H18N2O3/c1-9-7-11(15)10(8-13-9)12(16)14(2)5-4-6-17-3/h7-8H,4-6H2,1-3H3,(H,13,15). The number of aromatic amines is 1. The zero-order valence-corrected chi connectivity index (χ0v) is 10.4. The first-order valence-corrected chi connectivity index (χ1v) is 5.50. The van der Waals surface area contributed by atoms with Crippen LogP contribution in [-0.4, -0.2) is 43.1 Å². The minimum atomic E-state index is -0.262. The summed E-state index contributed by atoms with van der Waals surface area (Å²) >= 11 is 0. The highest BCUT2D eigenvalue weighted by atomic mass is 16.5. The molecule has 1 aromatic rings. The van der Waals surface area contributed by atoms with E-state index in [0.717, 1.165) is 12.1 Å². The smallest absolute Gasteiger partial charge is 0.259 e. The van der Waals surface area contributed by atoms with Gasteiger partial charge in [-0.2, -0.15) is 0 Å². The van der Waals surface area contributed by atoms with Gasteiger partial charge in [0.15, 0.2) is 5.43 Å². The third kappa shape index (κ3) is 3.71. The molecule has 0 saturated heterocycles. The van der Waals surface area contributed by atoms with Crippen LogP contribution in [0.1, 0.15) is 22.5 Å². The molecular weight excluding hydrogens is 220 g/mol. The Labute approximate surface area is 100 Å². The molecule has 1 amide bonds. The average Bonchev–Trinajstić information content (AvgIpc) is 2.28. The Morgan fingerprint density at radius 2 is 2.24 bits per heavy atom. The van der Waals surface area contributed by atoms with E-state index >= 15 is 0 Å². The molecule has 0 aliphatic carbocycles. The number of ether oxygens (including phenoxy) is 1. The second kappa shape index (κ2) is 6.20. The van der Waals surface area contributed by atoms with Gasteiger partial charge in [0.2, 0.25) is 0 Å². The number of hydrogen-bond donors (Lipinski definition) is 1. The van der Waals surface area contributed by atoms with Crippen molar-refractivity contribution in [3.8, 4) is 0 Å². The van der Waals surface area contributed by atoms with Gasteiger partial charge in [-0.05, 0) is 13.3 Å². The summed E-state index contributed by atoms with van der Waals surface area (Å²) in [7, 11) is 3.30. The Bertz CT molecular complexity index is 440. The quantitative estimate of drug-likeness (QED) is 0.771. The predicted octanol–water partition coefficient (Wildman–Crippen LogP) is 0.792. The van der Waals surface area contributed by atoms with Crippen molar-refractivity contribution in [2.45, 2.75) is 13.3 Å². The molecule has 1 aromatic heterocycles. The second-order valence-electron chi connectivity index (χ2n) is 3.97. The van der Waals surface area contributed by atoms with Crippen molar-refractivity contribution in [1.29, 1.82) is 0 Å². The van der Waals surface area contributed by atoms with Crippen LogP contribution in [0.25, 0.3) is 0 Å². The molecule has 1 heterocycles. The summed E-state index contributed by atoms with van der Waals surface area (Å²) in [5, 5.41) is 0. The molecule has 0 spiro atoms. The van der Waals surface area contributed by atoms with Crippen LogP contribution >= 0.6 is 0 Å². The monoisotopic (exact) mass is 238 g/mol. The first kappa shape index (κ1) is 13.4. The number of methoxy groups -OCH3 is 1. The zero-order valence-electron chi connectivity index (χ0n) is 10.4. The Hall–Kier alpha value is -1.62. The van der Waals surface area contributed by atoms with Gasteiger partial charge >= 0.3 is 0 Å². The van der Waals surface area contributed by atoms with E-state index in [9.17, 15) is 9.59 Å². The van der Waals surface area contributed by atoms with Crippen molar-refractivity contribution in [2.75, 3.05) is 27.3 Å². The number of hydrogen-bond acceptors (Lipinski definition) is 3. The van der Waals surface area contributed by atoms with E-state index in [4.69, 9.17) is 4.74 Å². The van der Waals surface area contributed by atoms with Crippen molar-refractivity contribution in [3.63, 3.8) is 0 Å². The third-order valence-electron chi connectivity index (χ3n) is 2.48. The summed E-state index contributed by atoms with van der Waals surface area (Å²) in [5.74, 6) is -0.262. The molecule has 0 aromatic carbocycles. The molecule has 0 saturated carbocycles. The normalized spacial score (nSPS) is 10.3. The highest BCUT2D eigenvalue weighted by Crippen LogP contribution is 1.99. The average molecular weight is 238 g/mol. The number of carbonyl (C=O) groups excluding carboxylic acids is 1. The van der Waals surface area contributed by atoms with E-state index < -0.39 is 0 Å². The van der Waals surface area contributed by atoms with E-state index in [1.807, 2.05) is 0 Å². The lowest BCUT2D eigenvalue weighted by atomic mass is 10.2. The lowest BCUT2D eigenvalue weighted by Crippen LogP contribution is -2.32. The van der Waals surface area contributed by atoms with Crippen LogP contribution in [-0.2, 0) is 4.74 Å². The number of rotatable bonds is 5. The summed E-state index contributed by atoms with van der Waals surface area (Å²) in [6.45, 7) is 2.94. The van der Waals surface area contributed by atoms with Gasteiger partial charge in [-0.1, -0.05) is 0 Å². The molecule has 94 valence electrons. The molecule has 0 aliphatic heterocycles. The number of H-pyrrole nitrogens is 1. The molecule has 17 heavy (non-hydrogen) atoms. The van der Waals surface area contributed by atoms with Gasteiger partial charge in [-0.15, -0.1) is 0 Å². The maximum atomic E-state index is 11.9. The van der Waals surface area contributed by atoms with E-state index in [2.05, 4.69) is 4.98 Å². The van der Waals surface area contributed by atoms with E-state index in [1.54, 1.807) is 21.1 Å². The maximum Gasteiger partial charge on any atom is 0.259 e. The lowest BCUT2D eigenvalue weighted by Gasteiger charge is -2.16. The van der Waals surface area contributed by atoms with Crippen LogP contribution in [0.15, 0.2) is 17.1 Å². The van der Waals surface area contributed by atoms with Crippen LogP contribution < -0.4 is 5.43 Å². The van der Waals surface area contributed by atoms with Gasteiger partial charge in [0, 0.05) is 45.3 Å². The summed E-state index contributed by atoms with van der Waals surface area (Å²) in [5.41, 5.74) is 0.675. The predicted molar refractivity (Wildman–Crippen MR) is 65.3 cm³/mol. The third-order valence-corrected chi connectivity index (χ3v) is 2.48. The van der Waals surface area contributed by atoms with E-state index in [-0.39, 0.29) is 16.9 Å². The van der Waals surface area contributed by atoms with Gasteiger partial charge in [0.1, 0.15) is 5.56 Å². The maximum absolute atomic E-state index is 11.9. The number of aromatic nitrogens is 1. The minimum Gasteiger partial charge on any atom is -0.385 e. The molecule has 0 fully saturated rings. The summed E-state index contributed by atoms with van der Waals surface area (Å²) in [4.78, 5) is 28.0. The van der Waals surface area contributed by atoms with E-state index in [1.165, 1.54) is 17.2 Å². The lowest BCUT2D eigenvalue weighted by molar-refractivity contribution is 0.0777. The highest BCUT2D eigenvalue weighted by Gasteiger charge is 2.14. The largest absolute Gasteiger partial charge is 0.385 e. The molecule has 1 rings (SSSR count). The Balaban J connectivity index is 2.72. The van der Waals surface area contributed by atoms with Crippen molar-refractivity contribution in [2.24, 2.45) is 0 Å². The number of nitrogens with one attached hydrogen (secondary N) is 1. The Kier molecular flexibility index (Phi) is 4.90. The fraction of sp³-hybridized carbons (Fsp3) is 0.500. The molecular formula is C12H18N2O3. The van der Waals surface area contributed by atoms with Crippen LogP contribution in [0.2, 0.25) is 0 Å². The van der Waals surface area contributed by atoms with Crippen LogP contribution in [0, 0.1) is 6.92 Å². The van der Waals surface area contributed by atoms with Crippen molar-refractivity contribution in [3.05, 3.63) is 33.7 Å². The van der Waals surface area contributed by atoms with Crippen LogP contribution in [0.4, 0.5) is 0 Å². The molecule has 0 aliphatic rings. The molecule has 0 radical (unpaired) electrons. The van der Waals surface area contributed by atoms with Crippen LogP contribution in [0.3, 0.4) is 0 Å². The molecule has 5 heteroatoms. The summed E-state index contributed by atoms with van der Waals surface area (Å²) in [6.07, 6.45) is 2.22. The van der Waals surface area contributed by atoms with Crippen LogP contribution in [0.5, 0.6) is 0 Å². The first-order chi connectivity index (χ1) is 8.06.